The van der Waals surface area contributed by atoms with Crippen LogP contribution in [0.15, 0.2) is 42.5 Å². The van der Waals surface area contributed by atoms with E-state index in [1.165, 1.54) is 6.07 Å². The first-order valence-electron chi connectivity index (χ1n) is 8.12. The second-order valence-electron chi connectivity index (χ2n) is 6.24. The molecule has 0 aliphatic heterocycles. The summed E-state index contributed by atoms with van der Waals surface area (Å²) in [5, 5.41) is 4.36. The maximum atomic E-state index is 12.8. The van der Waals surface area contributed by atoms with Crippen LogP contribution in [0.2, 0.25) is 5.02 Å². The zero-order chi connectivity index (χ0) is 20.2. The maximum Gasteiger partial charge on any atom is 0.417 e. The van der Waals surface area contributed by atoms with Gasteiger partial charge in [-0.15, -0.1) is 0 Å². The third-order valence-corrected chi connectivity index (χ3v) is 4.07. The van der Waals surface area contributed by atoms with Crippen molar-refractivity contribution in [2.24, 2.45) is 0 Å². The molecule has 2 rings (SSSR count). The van der Waals surface area contributed by atoms with Gasteiger partial charge in [-0.05, 0) is 41.8 Å². The molecule has 0 radical (unpaired) electrons. The molecule has 0 saturated carbocycles. The van der Waals surface area contributed by atoms with E-state index in [-0.39, 0.29) is 5.69 Å². The van der Waals surface area contributed by atoms with E-state index in [2.05, 4.69) is 10.6 Å². The van der Waals surface area contributed by atoms with E-state index < -0.39 is 35.0 Å². The standard InChI is InChI=1S/C19H18ClF3N2O2/c1-11(2)12-3-5-13(6-4-12)24-17(26)10-18(27)25-14-7-8-16(20)15(9-14)19(21,22)23/h3-9,11H,10H2,1-2H3,(H,24,26)(H,25,27). The smallest absolute Gasteiger partial charge is 0.326 e. The molecule has 2 N–H and O–H groups in total. The van der Waals surface area contributed by atoms with Gasteiger partial charge in [0.2, 0.25) is 11.8 Å². The lowest BCUT2D eigenvalue weighted by Crippen LogP contribution is -2.21. The first-order chi connectivity index (χ1) is 12.6. The monoisotopic (exact) mass is 398 g/mol. The van der Waals surface area contributed by atoms with Crippen molar-refractivity contribution >= 4 is 34.8 Å². The van der Waals surface area contributed by atoms with Gasteiger partial charge >= 0.3 is 6.18 Å². The SMILES string of the molecule is CC(C)c1ccc(NC(=O)CC(=O)Nc2ccc(Cl)c(C(F)(F)F)c2)cc1. The maximum absolute atomic E-state index is 12.8. The number of alkyl halides is 3. The van der Waals surface area contributed by atoms with Crippen LogP contribution in [0, 0.1) is 0 Å². The van der Waals surface area contributed by atoms with Crippen LogP contribution in [0.4, 0.5) is 24.5 Å². The summed E-state index contributed by atoms with van der Waals surface area (Å²) < 4.78 is 38.5. The molecule has 2 amide bonds. The molecule has 0 fully saturated rings. The van der Waals surface area contributed by atoms with Crippen molar-refractivity contribution in [2.45, 2.75) is 32.4 Å². The molecule has 0 saturated heterocycles. The van der Waals surface area contributed by atoms with Crippen molar-refractivity contribution in [1.29, 1.82) is 0 Å². The molecule has 2 aromatic carbocycles. The van der Waals surface area contributed by atoms with E-state index in [4.69, 9.17) is 11.6 Å². The topological polar surface area (TPSA) is 58.2 Å². The van der Waals surface area contributed by atoms with Gasteiger partial charge in [0.15, 0.2) is 0 Å². The van der Waals surface area contributed by atoms with E-state index in [0.717, 1.165) is 17.7 Å². The molecule has 2 aromatic rings. The Bertz CT molecular complexity index is 834. The normalized spacial score (nSPS) is 11.4. The summed E-state index contributed by atoms with van der Waals surface area (Å²) in [5.74, 6) is -0.960. The first-order valence-corrected chi connectivity index (χ1v) is 8.50. The molecule has 0 aliphatic carbocycles. The lowest BCUT2D eigenvalue weighted by Gasteiger charge is -2.12. The van der Waals surface area contributed by atoms with Gasteiger partial charge in [0.1, 0.15) is 6.42 Å². The summed E-state index contributed by atoms with van der Waals surface area (Å²) in [6.07, 6.45) is -5.17. The number of rotatable bonds is 5. The highest BCUT2D eigenvalue weighted by Crippen LogP contribution is 2.36. The number of carbonyl (C=O) groups excluding carboxylic acids is 2. The zero-order valence-corrected chi connectivity index (χ0v) is 15.4. The Balaban J connectivity index is 1.96. The second-order valence-corrected chi connectivity index (χ2v) is 6.65. The molecule has 144 valence electrons. The van der Waals surface area contributed by atoms with E-state index in [0.29, 0.717) is 11.6 Å². The Morgan fingerprint density at radius 1 is 0.963 bits per heavy atom. The molecule has 4 nitrogen and oxygen atoms in total. The molecule has 0 aliphatic rings. The Morgan fingerprint density at radius 3 is 2.00 bits per heavy atom. The summed E-state index contributed by atoms with van der Waals surface area (Å²) in [7, 11) is 0. The number of hydrogen-bond acceptors (Lipinski definition) is 2. The van der Waals surface area contributed by atoms with Gasteiger partial charge in [-0.3, -0.25) is 9.59 Å². The van der Waals surface area contributed by atoms with Crippen molar-refractivity contribution in [3.63, 3.8) is 0 Å². The van der Waals surface area contributed by atoms with Gasteiger partial charge in [0.25, 0.3) is 0 Å². The minimum atomic E-state index is -4.64. The fraction of sp³-hybridized carbons (Fsp3) is 0.263. The van der Waals surface area contributed by atoms with Crippen molar-refractivity contribution in [2.75, 3.05) is 10.6 Å². The third kappa shape index (κ3) is 5.99. The second kappa shape index (κ2) is 8.43. The molecular formula is C19H18ClF3N2O2. The largest absolute Gasteiger partial charge is 0.417 e. The van der Waals surface area contributed by atoms with Gasteiger partial charge in [-0.1, -0.05) is 37.6 Å². The minimum absolute atomic E-state index is 0.0918. The van der Waals surface area contributed by atoms with E-state index in [1.807, 2.05) is 26.0 Å². The highest BCUT2D eigenvalue weighted by atomic mass is 35.5. The van der Waals surface area contributed by atoms with Gasteiger partial charge in [0, 0.05) is 11.4 Å². The summed E-state index contributed by atoms with van der Waals surface area (Å²) in [5.41, 5.74) is 0.486. The fourth-order valence-corrected chi connectivity index (χ4v) is 2.55. The van der Waals surface area contributed by atoms with E-state index in [1.54, 1.807) is 12.1 Å². The van der Waals surface area contributed by atoms with Crippen LogP contribution in [0.25, 0.3) is 0 Å². The highest BCUT2D eigenvalue weighted by Gasteiger charge is 2.33. The number of benzene rings is 2. The summed E-state index contributed by atoms with van der Waals surface area (Å²) in [4.78, 5) is 23.9. The number of carbonyl (C=O) groups is 2. The zero-order valence-electron chi connectivity index (χ0n) is 14.7. The molecular weight excluding hydrogens is 381 g/mol. The Kier molecular flexibility index (Phi) is 6.49. The number of hydrogen-bond donors (Lipinski definition) is 2. The Labute approximate surface area is 159 Å². The van der Waals surface area contributed by atoms with Crippen LogP contribution >= 0.6 is 11.6 Å². The molecule has 8 heteroatoms. The number of anilines is 2. The van der Waals surface area contributed by atoms with Crippen molar-refractivity contribution in [3.05, 3.63) is 58.6 Å². The summed E-state index contributed by atoms with van der Waals surface area (Å²) >= 11 is 5.53. The number of halogens is 4. The molecule has 0 heterocycles. The average Bonchev–Trinajstić information content (AvgIpc) is 2.55. The van der Waals surface area contributed by atoms with Crippen molar-refractivity contribution in [1.82, 2.24) is 0 Å². The minimum Gasteiger partial charge on any atom is -0.326 e. The van der Waals surface area contributed by atoms with Crippen LogP contribution < -0.4 is 10.6 Å². The summed E-state index contributed by atoms with van der Waals surface area (Å²) in [6, 6.07) is 10.2. The Morgan fingerprint density at radius 2 is 1.48 bits per heavy atom. The van der Waals surface area contributed by atoms with Gasteiger partial charge in [0.05, 0.1) is 10.6 Å². The number of nitrogens with one attached hydrogen (secondary N) is 2. The predicted molar refractivity (Wildman–Crippen MR) is 98.9 cm³/mol. The van der Waals surface area contributed by atoms with Crippen LogP contribution in [0.5, 0.6) is 0 Å². The Hall–Kier alpha value is -2.54. The molecule has 0 bridgehead atoms. The van der Waals surface area contributed by atoms with Gasteiger partial charge in [-0.25, -0.2) is 0 Å². The van der Waals surface area contributed by atoms with Crippen LogP contribution in [-0.4, -0.2) is 11.8 Å². The van der Waals surface area contributed by atoms with Crippen LogP contribution in [0.3, 0.4) is 0 Å². The first kappa shape index (κ1) is 20.8. The molecule has 0 atom stereocenters. The van der Waals surface area contributed by atoms with E-state index in [9.17, 15) is 22.8 Å². The predicted octanol–water partition coefficient (Wildman–Crippen LogP) is 5.45. The van der Waals surface area contributed by atoms with Gasteiger partial charge < -0.3 is 10.6 Å². The molecule has 0 unspecified atom stereocenters. The average molecular weight is 399 g/mol. The quantitative estimate of drug-likeness (QED) is 0.658. The van der Waals surface area contributed by atoms with Crippen molar-refractivity contribution in [3.8, 4) is 0 Å². The molecule has 0 aromatic heterocycles. The molecule has 0 spiro atoms. The van der Waals surface area contributed by atoms with E-state index >= 15 is 0 Å². The third-order valence-electron chi connectivity index (χ3n) is 3.74. The fourth-order valence-electron chi connectivity index (χ4n) is 2.33. The van der Waals surface area contributed by atoms with Crippen LogP contribution in [0.1, 0.15) is 37.3 Å². The van der Waals surface area contributed by atoms with Crippen LogP contribution in [-0.2, 0) is 15.8 Å². The highest BCUT2D eigenvalue weighted by molar-refractivity contribution is 6.31. The lowest BCUT2D eigenvalue weighted by molar-refractivity contribution is -0.137. The lowest BCUT2D eigenvalue weighted by atomic mass is 10.0. The summed E-state index contributed by atoms with van der Waals surface area (Å²) in [6.45, 7) is 4.08. The molecule has 27 heavy (non-hydrogen) atoms. The van der Waals surface area contributed by atoms with Gasteiger partial charge in [-0.2, -0.15) is 13.2 Å². The van der Waals surface area contributed by atoms with Crippen molar-refractivity contribution < 1.29 is 22.8 Å². The number of amides is 2.